The van der Waals surface area contributed by atoms with Crippen molar-refractivity contribution in [3.05, 3.63) is 40.5 Å². The molecule has 0 saturated carbocycles. The van der Waals surface area contributed by atoms with Crippen molar-refractivity contribution < 1.29 is 4.74 Å². The first-order valence-corrected chi connectivity index (χ1v) is 8.72. The molecular formula is C18H19Cl2N3O. The molecular weight excluding hydrogens is 345 g/mol. The van der Waals surface area contributed by atoms with E-state index in [1.807, 2.05) is 18.2 Å². The van der Waals surface area contributed by atoms with Gasteiger partial charge < -0.3 is 4.74 Å². The first-order valence-electron chi connectivity index (χ1n) is 7.97. The Bertz CT molecular complexity index is 872. The Morgan fingerprint density at radius 1 is 1.12 bits per heavy atom. The van der Waals surface area contributed by atoms with Gasteiger partial charge in [-0.25, -0.2) is 4.98 Å². The molecule has 0 atom stereocenters. The van der Waals surface area contributed by atoms with Crippen molar-refractivity contribution in [2.45, 2.75) is 32.7 Å². The zero-order chi connectivity index (χ0) is 17.3. The summed E-state index contributed by atoms with van der Waals surface area (Å²) in [5.74, 6) is 0. The smallest absolute Gasteiger partial charge is 0.298 e. The van der Waals surface area contributed by atoms with E-state index in [1.54, 1.807) is 19.4 Å². The van der Waals surface area contributed by atoms with Gasteiger partial charge in [-0.2, -0.15) is 4.98 Å². The molecule has 0 amide bonds. The summed E-state index contributed by atoms with van der Waals surface area (Å²) >= 11 is 12.4. The van der Waals surface area contributed by atoms with E-state index in [2.05, 4.69) is 28.4 Å². The number of fused-ring (bicyclic) bond motifs is 1. The third-order valence-corrected chi connectivity index (χ3v) is 4.81. The van der Waals surface area contributed by atoms with Crippen molar-refractivity contribution in [2.24, 2.45) is 0 Å². The summed E-state index contributed by atoms with van der Waals surface area (Å²) in [7, 11) is 1.63. The summed E-state index contributed by atoms with van der Waals surface area (Å²) in [6.07, 6.45) is 3.74. The fraction of sp³-hybridized carbons (Fsp3) is 0.333. The fourth-order valence-electron chi connectivity index (χ4n) is 3.02. The summed E-state index contributed by atoms with van der Waals surface area (Å²) < 4.78 is 7.59. The van der Waals surface area contributed by atoms with Crippen LogP contribution in [-0.4, -0.2) is 21.6 Å². The largest absolute Gasteiger partial charge is 0.468 e. The van der Waals surface area contributed by atoms with Crippen molar-refractivity contribution in [1.29, 1.82) is 0 Å². The zero-order valence-electron chi connectivity index (χ0n) is 13.9. The summed E-state index contributed by atoms with van der Waals surface area (Å²) in [4.78, 5) is 9.23. The van der Waals surface area contributed by atoms with Crippen LogP contribution in [0.5, 0.6) is 6.01 Å². The first-order chi connectivity index (χ1) is 11.6. The van der Waals surface area contributed by atoms with Crippen LogP contribution in [0.15, 0.2) is 30.5 Å². The SMILES string of the molecule is CCC(CC)n1c(OC)nc2c(-c3ccc(Cl)cc3Cl)ccnc21. The van der Waals surface area contributed by atoms with Crippen molar-refractivity contribution >= 4 is 34.4 Å². The average molecular weight is 364 g/mol. The Morgan fingerprint density at radius 3 is 2.50 bits per heavy atom. The van der Waals surface area contributed by atoms with Gasteiger partial charge in [0.25, 0.3) is 6.01 Å². The number of ether oxygens (including phenoxy) is 1. The van der Waals surface area contributed by atoms with E-state index >= 15 is 0 Å². The van der Waals surface area contributed by atoms with E-state index in [-0.39, 0.29) is 6.04 Å². The fourth-order valence-corrected chi connectivity index (χ4v) is 3.53. The molecule has 6 heteroatoms. The topological polar surface area (TPSA) is 39.9 Å². The number of benzene rings is 1. The molecule has 0 aliphatic carbocycles. The van der Waals surface area contributed by atoms with Crippen LogP contribution in [0.4, 0.5) is 0 Å². The van der Waals surface area contributed by atoms with Gasteiger partial charge in [0.2, 0.25) is 0 Å². The molecule has 0 bridgehead atoms. The Morgan fingerprint density at radius 2 is 1.88 bits per heavy atom. The Hall–Kier alpha value is -1.78. The lowest BCUT2D eigenvalue weighted by Crippen LogP contribution is -2.09. The molecule has 0 unspecified atom stereocenters. The number of imidazole rings is 1. The zero-order valence-corrected chi connectivity index (χ0v) is 15.4. The van der Waals surface area contributed by atoms with Crippen molar-refractivity contribution in [1.82, 2.24) is 14.5 Å². The minimum Gasteiger partial charge on any atom is -0.468 e. The number of pyridine rings is 1. The molecule has 0 saturated heterocycles. The van der Waals surface area contributed by atoms with Gasteiger partial charge in [-0.15, -0.1) is 0 Å². The lowest BCUT2D eigenvalue weighted by atomic mass is 10.1. The van der Waals surface area contributed by atoms with E-state index < -0.39 is 0 Å². The molecule has 24 heavy (non-hydrogen) atoms. The van der Waals surface area contributed by atoms with Crippen LogP contribution in [0, 0.1) is 0 Å². The number of hydrogen-bond acceptors (Lipinski definition) is 3. The van der Waals surface area contributed by atoms with Crippen LogP contribution in [-0.2, 0) is 0 Å². The number of nitrogens with zero attached hydrogens (tertiary/aromatic N) is 3. The predicted octanol–water partition coefficient (Wildman–Crippen LogP) is 5.77. The standard InChI is InChI=1S/C18H19Cl2N3O/c1-4-12(5-2)23-17-16(22-18(23)24-3)14(8-9-21-17)13-7-6-11(19)10-15(13)20/h6-10,12H,4-5H2,1-3H3. The van der Waals surface area contributed by atoms with E-state index in [0.717, 1.165) is 35.1 Å². The van der Waals surface area contributed by atoms with Gasteiger partial charge in [0.15, 0.2) is 5.65 Å². The molecule has 0 radical (unpaired) electrons. The molecule has 0 spiro atoms. The molecule has 0 N–H and O–H groups in total. The third-order valence-electron chi connectivity index (χ3n) is 4.26. The lowest BCUT2D eigenvalue weighted by Gasteiger charge is -2.16. The molecule has 2 aromatic heterocycles. The normalized spacial score (nSPS) is 11.4. The van der Waals surface area contributed by atoms with Crippen LogP contribution in [0.1, 0.15) is 32.7 Å². The van der Waals surface area contributed by atoms with Crippen molar-refractivity contribution in [2.75, 3.05) is 7.11 Å². The van der Waals surface area contributed by atoms with E-state index in [1.165, 1.54) is 0 Å². The summed E-state index contributed by atoms with van der Waals surface area (Å²) in [6.45, 7) is 4.30. The second-order valence-electron chi connectivity index (χ2n) is 5.59. The molecule has 0 aliphatic rings. The Kier molecular flexibility index (Phi) is 4.97. The minimum atomic E-state index is 0.286. The van der Waals surface area contributed by atoms with Crippen molar-refractivity contribution in [3.63, 3.8) is 0 Å². The maximum Gasteiger partial charge on any atom is 0.298 e. The number of aromatic nitrogens is 3. The highest BCUT2D eigenvalue weighted by atomic mass is 35.5. The molecule has 1 aromatic carbocycles. The molecule has 3 rings (SSSR count). The minimum absolute atomic E-state index is 0.286. The number of rotatable bonds is 5. The summed E-state index contributed by atoms with van der Waals surface area (Å²) in [5, 5.41) is 1.19. The van der Waals surface area contributed by atoms with E-state index in [9.17, 15) is 0 Å². The van der Waals surface area contributed by atoms with Crippen molar-refractivity contribution in [3.8, 4) is 17.1 Å². The van der Waals surface area contributed by atoms with Gasteiger partial charge in [-0.05, 0) is 31.0 Å². The van der Waals surface area contributed by atoms with E-state index in [0.29, 0.717) is 16.1 Å². The van der Waals surface area contributed by atoms with Crippen LogP contribution < -0.4 is 4.74 Å². The van der Waals surface area contributed by atoms with Gasteiger partial charge in [-0.1, -0.05) is 43.1 Å². The number of hydrogen-bond donors (Lipinski definition) is 0. The maximum absolute atomic E-state index is 6.39. The second kappa shape index (κ2) is 6.99. The number of halogens is 2. The molecule has 0 fully saturated rings. The van der Waals surface area contributed by atoms with E-state index in [4.69, 9.17) is 27.9 Å². The molecule has 4 nitrogen and oxygen atoms in total. The van der Waals surface area contributed by atoms with Gasteiger partial charge in [0.05, 0.1) is 7.11 Å². The number of methoxy groups -OCH3 is 1. The van der Waals surface area contributed by atoms with Gasteiger partial charge in [-0.3, -0.25) is 4.57 Å². The quantitative estimate of drug-likeness (QED) is 0.577. The highest BCUT2D eigenvalue weighted by Crippen LogP contribution is 2.37. The first kappa shape index (κ1) is 17.1. The van der Waals surface area contributed by atoms with Crippen LogP contribution >= 0.6 is 23.2 Å². The molecule has 3 aromatic rings. The highest BCUT2D eigenvalue weighted by Gasteiger charge is 2.21. The maximum atomic E-state index is 6.39. The highest BCUT2D eigenvalue weighted by molar-refractivity contribution is 6.36. The molecule has 2 heterocycles. The summed E-state index contributed by atoms with van der Waals surface area (Å²) in [5.41, 5.74) is 3.39. The Balaban J connectivity index is 2.28. The summed E-state index contributed by atoms with van der Waals surface area (Å²) in [6, 6.07) is 8.24. The van der Waals surface area contributed by atoms with Gasteiger partial charge >= 0.3 is 0 Å². The second-order valence-corrected chi connectivity index (χ2v) is 6.44. The van der Waals surface area contributed by atoms with Crippen LogP contribution in [0.3, 0.4) is 0 Å². The average Bonchev–Trinajstić information content (AvgIpc) is 2.95. The van der Waals surface area contributed by atoms with Gasteiger partial charge in [0, 0.05) is 33.4 Å². The van der Waals surface area contributed by atoms with Crippen LogP contribution in [0.2, 0.25) is 10.0 Å². The Labute approximate surface area is 151 Å². The molecule has 126 valence electrons. The molecule has 0 aliphatic heterocycles. The third kappa shape index (κ3) is 2.85. The monoisotopic (exact) mass is 363 g/mol. The predicted molar refractivity (Wildman–Crippen MR) is 99.2 cm³/mol. The van der Waals surface area contributed by atoms with Crippen LogP contribution in [0.25, 0.3) is 22.3 Å². The van der Waals surface area contributed by atoms with Gasteiger partial charge in [0.1, 0.15) is 5.52 Å². The lowest BCUT2D eigenvalue weighted by molar-refractivity contribution is 0.332.